The maximum atomic E-state index is 7.30. The van der Waals surface area contributed by atoms with E-state index in [9.17, 15) is 0 Å². The van der Waals surface area contributed by atoms with E-state index in [1.165, 1.54) is 76.6 Å². The van der Waals surface area contributed by atoms with Crippen molar-refractivity contribution in [2.24, 2.45) is 0 Å². The Morgan fingerprint density at radius 1 is 0.484 bits per heavy atom. The van der Waals surface area contributed by atoms with E-state index in [4.69, 9.17) is 13.9 Å². The van der Waals surface area contributed by atoms with Gasteiger partial charge in [0.2, 0.25) is 5.88 Å². The number of ether oxygens (including phenoxy) is 2. The molecule has 5 heterocycles. The lowest BCUT2D eigenvalue weighted by Gasteiger charge is -2.47. The van der Waals surface area contributed by atoms with Crippen LogP contribution in [0.1, 0.15) is 74.9 Å². The molecule has 14 rings (SSSR count). The zero-order valence-electron chi connectivity index (χ0n) is 35.6. The molecule has 1 spiro atoms. The van der Waals surface area contributed by atoms with E-state index >= 15 is 0 Å². The first kappa shape index (κ1) is 34.7. The number of hydrogen-bond acceptors (Lipinski definition) is 3. The van der Waals surface area contributed by atoms with Gasteiger partial charge >= 0.3 is 0 Å². The smallest absolute Gasteiger partial charge is 0.261 e. The monoisotopic (exact) mass is 799 g/mol. The van der Waals surface area contributed by atoms with Crippen molar-refractivity contribution in [2.75, 3.05) is 0 Å². The van der Waals surface area contributed by atoms with Crippen LogP contribution in [0.25, 0.3) is 60.6 Å². The molecule has 0 fully saturated rings. The fraction of sp³-hybridized carbons (Fsp3) is 0.158. The van der Waals surface area contributed by atoms with Crippen LogP contribution in [-0.2, 0) is 16.2 Å². The minimum atomic E-state index is -0.686. The molecule has 0 bridgehead atoms. The van der Waals surface area contributed by atoms with Crippen molar-refractivity contribution in [3.63, 3.8) is 0 Å². The van der Waals surface area contributed by atoms with Crippen LogP contribution in [0.2, 0.25) is 0 Å². The SMILES string of the molecule is CC(C)(C)c1ccc2c(c1)c1cc(C(C)(C)C)ccc1n2-c1ccc(-c2ccc3ccc4cccc5c4c3c2C52c3cccc4c3B3c5c(cccc5Oc5cccc2c53)O4)o1. The fourth-order valence-corrected chi connectivity index (χ4v) is 11.9. The topological polar surface area (TPSA) is 36.5 Å². The van der Waals surface area contributed by atoms with E-state index in [-0.39, 0.29) is 17.5 Å². The zero-order chi connectivity index (χ0) is 41.6. The van der Waals surface area contributed by atoms with Crippen molar-refractivity contribution in [2.45, 2.75) is 57.8 Å². The first-order valence-corrected chi connectivity index (χ1v) is 21.9. The van der Waals surface area contributed by atoms with E-state index in [2.05, 4.69) is 186 Å². The number of fused-ring (bicyclic) bond motifs is 7. The summed E-state index contributed by atoms with van der Waals surface area (Å²) in [4.78, 5) is 0. The zero-order valence-corrected chi connectivity index (χ0v) is 35.6. The first-order valence-electron chi connectivity index (χ1n) is 21.9. The molecule has 4 nitrogen and oxygen atoms in total. The third-order valence-corrected chi connectivity index (χ3v) is 14.7. The highest BCUT2D eigenvalue weighted by atomic mass is 16.5. The van der Waals surface area contributed by atoms with Crippen LogP contribution in [0.4, 0.5) is 0 Å². The Morgan fingerprint density at radius 3 is 1.60 bits per heavy atom. The van der Waals surface area contributed by atoms with Crippen molar-refractivity contribution >= 4 is 66.5 Å². The summed E-state index contributed by atoms with van der Waals surface area (Å²) in [5, 5.41) is 7.51. The molecule has 1 aliphatic carbocycles. The second-order valence-corrected chi connectivity index (χ2v) is 20.0. The number of hydrogen-bond donors (Lipinski definition) is 0. The molecule has 0 N–H and O–H groups in total. The lowest BCUT2D eigenvalue weighted by Crippen LogP contribution is -2.65. The van der Waals surface area contributed by atoms with Gasteiger partial charge < -0.3 is 13.9 Å². The lowest BCUT2D eigenvalue weighted by molar-refractivity contribution is 0.461. The number of rotatable bonds is 2. The summed E-state index contributed by atoms with van der Waals surface area (Å²) in [5.74, 6) is 5.19. The van der Waals surface area contributed by atoms with Crippen LogP contribution >= 0.6 is 0 Å². The van der Waals surface area contributed by atoms with E-state index in [1.807, 2.05) is 6.07 Å². The lowest BCUT2D eigenvalue weighted by atomic mass is 9.29. The summed E-state index contributed by atoms with van der Waals surface area (Å²) in [7, 11) is 0. The van der Waals surface area contributed by atoms with Gasteiger partial charge in [0, 0.05) is 27.9 Å². The number of nitrogens with zero attached hydrogens (tertiary/aromatic N) is 1. The minimum Gasteiger partial charge on any atom is -0.458 e. The summed E-state index contributed by atoms with van der Waals surface area (Å²) >= 11 is 0. The molecule has 4 aliphatic rings. The highest BCUT2D eigenvalue weighted by Gasteiger charge is 2.57. The van der Waals surface area contributed by atoms with Gasteiger partial charge in [-0.2, -0.15) is 0 Å². The van der Waals surface area contributed by atoms with E-state index in [1.54, 1.807) is 0 Å². The van der Waals surface area contributed by atoms with Crippen LogP contribution in [0.15, 0.2) is 150 Å². The van der Waals surface area contributed by atoms with Gasteiger partial charge in [0.1, 0.15) is 28.8 Å². The third-order valence-electron chi connectivity index (χ3n) is 14.7. The molecule has 0 saturated heterocycles. The van der Waals surface area contributed by atoms with Gasteiger partial charge in [-0.05, 0) is 131 Å². The molecular weight excluding hydrogens is 757 g/mol. The average Bonchev–Trinajstić information content (AvgIpc) is 3.96. The summed E-state index contributed by atoms with van der Waals surface area (Å²) in [6, 6.07) is 53.9. The molecule has 3 aliphatic heterocycles. The van der Waals surface area contributed by atoms with Crippen molar-refractivity contribution < 1.29 is 13.9 Å². The molecule has 0 radical (unpaired) electrons. The highest BCUT2D eigenvalue weighted by Crippen LogP contribution is 2.60. The van der Waals surface area contributed by atoms with Crippen LogP contribution in [-0.4, -0.2) is 11.3 Å². The molecule has 296 valence electrons. The normalized spacial score (nSPS) is 15.0. The maximum absolute atomic E-state index is 7.30. The van der Waals surface area contributed by atoms with Crippen molar-refractivity contribution in [3.8, 4) is 40.2 Å². The molecule has 0 amide bonds. The standard InChI is InChI=1S/C57H42BNO3/c1-55(2,3)33-22-25-41-36(29-33)37-30-34(56(4,5)6)23-26-42(37)59(41)48-28-27-43(62-48)35-24-21-32-20-19-31-11-7-12-38-49(31)50(32)51(35)57(38)39-13-8-15-44-52(39)58-53-40(57)14-9-16-45(53)61-47-18-10-17-46(60-44)54(47)58/h7-30H,1-6H3. The van der Waals surface area contributed by atoms with Gasteiger partial charge in [-0.3, -0.25) is 4.57 Å². The van der Waals surface area contributed by atoms with Gasteiger partial charge in [0.05, 0.1) is 16.4 Å². The average molecular weight is 800 g/mol. The van der Waals surface area contributed by atoms with Crippen LogP contribution < -0.4 is 25.9 Å². The Hall–Kier alpha value is -6.98. The predicted molar refractivity (Wildman–Crippen MR) is 254 cm³/mol. The molecule has 0 saturated carbocycles. The molecule has 5 heteroatoms. The van der Waals surface area contributed by atoms with E-state index in [0.717, 1.165) is 56.7 Å². The number of furan rings is 1. The fourth-order valence-electron chi connectivity index (χ4n) is 11.9. The Kier molecular flexibility index (Phi) is 6.32. The molecule has 2 aromatic heterocycles. The molecule has 0 atom stereocenters. The second-order valence-electron chi connectivity index (χ2n) is 20.0. The van der Waals surface area contributed by atoms with Gasteiger partial charge in [-0.1, -0.05) is 126 Å². The number of benzene rings is 8. The summed E-state index contributed by atoms with van der Waals surface area (Å²) in [6.07, 6.45) is 0. The maximum Gasteiger partial charge on any atom is 0.261 e. The Morgan fingerprint density at radius 2 is 1.00 bits per heavy atom. The Bertz CT molecular complexity index is 3540. The molecule has 62 heavy (non-hydrogen) atoms. The molecule has 10 aromatic rings. The predicted octanol–water partition coefficient (Wildman–Crippen LogP) is 12.7. The molecular formula is C57H42BNO3. The summed E-state index contributed by atoms with van der Waals surface area (Å²) in [6.45, 7) is 13.7. The second kappa shape index (κ2) is 11.3. The highest BCUT2D eigenvalue weighted by molar-refractivity contribution is 6.99. The van der Waals surface area contributed by atoms with Crippen LogP contribution in [0, 0.1) is 0 Å². The Balaban J connectivity index is 1.06. The van der Waals surface area contributed by atoms with Gasteiger partial charge in [-0.15, -0.1) is 0 Å². The molecule has 8 aromatic carbocycles. The largest absolute Gasteiger partial charge is 0.458 e. The van der Waals surface area contributed by atoms with Crippen molar-refractivity contribution in [1.82, 2.24) is 4.57 Å². The number of aromatic nitrogens is 1. The van der Waals surface area contributed by atoms with E-state index in [0.29, 0.717) is 0 Å². The van der Waals surface area contributed by atoms with Gasteiger partial charge in [0.15, 0.2) is 0 Å². The van der Waals surface area contributed by atoms with Crippen molar-refractivity contribution in [1.29, 1.82) is 0 Å². The summed E-state index contributed by atoms with van der Waals surface area (Å²) < 4.78 is 23.3. The molecule has 0 unspecified atom stereocenters. The van der Waals surface area contributed by atoms with Crippen molar-refractivity contribution in [3.05, 3.63) is 179 Å². The van der Waals surface area contributed by atoms with Gasteiger partial charge in [0.25, 0.3) is 6.71 Å². The van der Waals surface area contributed by atoms with E-state index < -0.39 is 5.41 Å². The quantitative estimate of drug-likeness (QED) is 0.129. The Labute approximate surface area is 360 Å². The first-order chi connectivity index (χ1) is 30.0. The minimum absolute atomic E-state index is 0.0128. The third kappa shape index (κ3) is 4.15. The van der Waals surface area contributed by atoms with Gasteiger partial charge in [-0.25, -0.2) is 0 Å². The summed E-state index contributed by atoms with van der Waals surface area (Å²) in [5.41, 5.74) is 13.9. The van der Waals surface area contributed by atoms with Crippen LogP contribution in [0.5, 0.6) is 23.0 Å². The van der Waals surface area contributed by atoms with Crippen LogP contribution in [0.3, 0.4) is 0 Å².